The van der Waals surface area contributed by atoms with Crippen LogP contribution in [-0.2, 0) is 12.8 Å². The Hall–Kier alpha value is -2.01. The summed E-state index contributed by atoms with van der Waals surface area (Å²) >= 11 is 0. The fraction of sp³-hybridized carbons (Fsp3) is 0.550. The van der Waals surface area contributed by atoms with Crippen LogP contribution in [0.15, 0.2) is 24.5 Å². The molecule has 2 aliphatic rings. The number of fused-ring (bicyclic) bond motifs is 1. The summed E-state index contributed by atoms with van der Waals surface area (Å²) in [7, 11) is 0. The summed E-state index contributed by atoms with van der Waals surface area (Å²) in [5.74, 6) is 1.60. The van der Waals surface area contributed by atoms with Crippen LogP contribution < -0.4 is 5.32 Å². The number of aliphatic hydroxyl groups is 1. The van der Waals surface area contributed by atoms with Crippen molar-refractivity contribution in [2.24, 2.45) is 5.41 Å². The SMILES string of the molecule is CC1(C)CCCC1(O)CNc1nc(-c2cccnc2)nc2c1CCC2. The van der Waals surface area contributed by atoms with Crippen molar-refractivity contribution in [1.29, 1.82) is 0 Å². The second kappa shape index (κ2) is 6.06. The van der Waals surface area contributed by atoms with Gasteiger partial charge in [-0.25, -0.2) is 9.97 Å². The number of nitrogens with one attached hydrogen (secondary N) is 1. The van der Waals surface area contributed by atoms with Gasteiger partial charge in [-0.2, -0.15) is 0 Å². The average Bonchev–Trinajstić information content (AvgIpc) is 3.18. The van der Waals surface area contributed by atoms with Gasteiger partial charge in [0.15, 0.2) is 5.82 Å². The summed E-state index contributed by atoms with van der Waals surface area (Å²) in [4.78, 5) is 13.7. The molecule has 0 saturated heterocycles. The van der Waals surface area contributed by atoms with Crippen molar-refractivity contribution < 1.29 is 5.11 Å². The first-order valence-corrected chi connectivity index (χ1v) is 9.25. The second-order valence-electron chi connectivity index (χ2n) is 8.04. The third kappa shape index (κ3) is 2.91. The maximum Gasteiger partial charge on any atom is 0.163 e. The summed E-state index contributed by atoms with van der Waals surface area (Å²) in [5, 5.41) is 14.6. The van der Waals surface area contributed by atoms with E-state index in [1.54, 1.807) is 12.4 Å². The van der Waals surface area contributed by atoms with Crippen LogP contribution in [0.25, 0.3) is 11.4 Å². The molecule has 5 nitrogen and oxygen atoms in total. The molecule has 1 unspecified atom stereocenters. The molecule has 2 aliphatic carbocycles. The van der Waals surface area contributed by atoms with E-state index >= 15 is 0 Å². The van der Waals surface area contributed by atoms with Crippen LogP contribution in [0.3, 0.4) is 0 Å². The lowest BCUT2D eigenvalue weighted by Gasteiger charge is -2.37. The molecule has 0 bridgehead atoms. The number of hydrogen-bond donors (Lipinski definition) is 2. The first-order chi connectivity index (χ1) is 12.0. The molecule has 0 spiro atoms. The molecule has 0 amide bonds. The number of rotatable bonds is 4. The zero-order valence-electron chi connectivity index (χ0n) is 15.0. The summed E-state index contributed by atoms with van der Waals surface area (Å²) in [6, 6.07) is 3.89. The monoisotopic (exact) mass is 338 g/mol. The van der Waals surface area contributed by atoms with E-state index in [1.807, 2.05) is 12.1 Å². The Morgan fingerprint density at radius 2 is 2.04 bits per heavy atom. The van der Waals surface area contributed by atoms with Gasteiger partial charge in [-0.15, -0.1) is 0 Å². The molecule has 132 valence electrons. The molecule has 5 heteroatoms. The van der Waals surface area contributed by atoms with E-state index in [9.17, 15) is 5.11 Å². The van der Waals surface area contributed by atoms with Crippen LogP contribution in [0, 0.1) is 5.41 Å². The second-order valence-corrected chi connectivity index (χ2v) is 8.04. The Morgan fingerprint density at radius 1 is 1.16 bits per heavy atom. The van der Waals surface area contributed by atoms with Crippen molar-refractivity contribution in [1.82, 2.24) is 15.0 Å². The summed E-state index contributed by atoms with van der Waals surface area (Å²) < 4.78 is 0. The number of pyridine rings is 1. The predicted molar refractivity (Wildman–Crippen MR) is 98.4 cm³/mol. The third-order valence-electron chi connectivity index (χ3n) is 6.05. The van der Waals surface area contributed by atoms with Gasteiger partial charge in [0.05, 0.1) is 5.60 Å². The first-order valence-electron chi connectivity index (χ1n) is 9.25. The van der Waals surface area contributed by atoms with Gasteiger partial charge >= 0.3 is 0 Å². The van der Waals surface area contributed by atoms with Crippen molar-refractivity contribution in [2.45, 2.75) is 58.0 Å². The summed E-state index contributed by atoms with van der Waals surface area (Å²) in [6.45, 7) is 4.86. The van der Waals surface area contributed by atoms with Gasteiger partial charge < -0.3 is 10.4 Å². The molecule has 0 radical (unpaired) electrons. The highest BCUT2D eigenvalue weighted by atomic mass is 16.3. The van der Waals surface area contributed by atoms with Gasteiger partial charge in [0.2, 0.25) is 0 Å². The molecule has 25 heavy (non-hydrogen) atoms. The Bertz CT molecular complexity index is 775. The van der Waals surface area contributed by atoms with E-state index in [4.69, 9.17) is 9.97 Å². The molecule has 1 saturated carbocycles. The third-order valence-corrected chi connectivity index (χ3v) is 6.05. The largest absolute Gasteiger partial charge is 0.387 e. The fourth-order valence-corrected chi connectivity index (χ4v) is 4.15. The van der Waals surface area contributed by atoms with Gasteiger partial charge in [0, 0.05) is 35.8 Å². The van der Waals surface area contributed by atoms with Gasteiger partial charge in [-0.3, -0.25) is 4.98 Å². The van der Waals surface area contributed by atoms with E-state index in [-0.39, 0.29) is 5.41 Å². The molecular formula is C20H26N4O. The maximum absolute atomic E-state index is 11.1. The van der Waals surface area contributed by atoms with Crippen molar-refractivity contribution in [3.63, 3.8) is 0 Å². The van der Waals surface area contributed by atoms with Crippen molar-refractivity contribution in [3.8, 4) is 11.4 Å². The molecule has 4 rings (SSSR count). The number of aryl methyl sites for hydroxylation is 1. The number of anilines is 1. The van der Waals surface area contributed by atoms with Gasteiger partial charge in [0.25, 0.3) is 0 Å². The van der Waals surface area contributed by atoms with Gasteiger partial charge in [0.1, 0.15) is 5.82 Å². The molecule has 0 aliphatic heterocycles. The van der Waals surface area contributed by atoms with Gasteiger partial charge in [-0.05, 0) is 56.1 Å². The zero-order chi connectivity index (χ0) is 17.5. The Labute approximate surface area is 148 Å². The molecule has 1 fully saturated rings. The van der Waals surface area contributed by atoms with Crippen LogP contribution in [0.1, 0.15) is 50.8 Å². The maximum atomic E-state index is 11.1. The molecule has 0 aromatic carbocycles. The van der Waals surface area contributed by atoms with Crippen LogP contribution in [-0.4, -0.2) is 32.2 Å². The fourth-order valence-electron chi connectivity index (χ4n) is 4.15. The van der Waals surface area contributed by atoms with Gasteiger partial charge in [-0.1, -0.05) is 13.8 Å². The van der Waals surface area contributed by atoms with E-state index in [0.717, 1.165) is 55.6 Å². The highest BCUT2D eigenvalue weighted by molar-refractivity contribution is 5.60. The zero-order valence-corrected chi connectivity index (χ0v) is 15.0. The smallest absolute Gasteiger partial charge is 0.163 e. The Balaban J connectivity index is 1.64. The Morgan fingerprint density at radius 3 is 2.76 bits per heavy atom. The molecule has 2 N–H and O–H groups in total. The topological polar surface area (TPSA) is 70.9 Å². The lowest BCUT2D eigenvalue weighted by molar-refractivity contribution is -0.0303. The van der Waals surface area contributed by atoms with E-state index in [1.165, 1.54) is 5.56 Å². The molecule has 2 aromatic heterocycles. The van der Waals surface area contributed by atoms with E-state index in [0.29, 0.717) is 12.4 Å². The van der Waals surface area contributed by atoms with E-state index in [2.05, 4.69) is 24.1 Å². The lowest BCUT2D eigenvalue weighted by atomic mass is 9.78. The summed E-state index contributed by atoms with van der Waals surface area (Å²) in [5.41, 5.74) is 2.53. The lowest BCUT2D eigenvalue weighted by Crippen LogP contribution is -2.46. The van der Waals surface area contributed by atoms with E-state index < -0.39 is 5.60 Å². The van der Waals surface area contributed by atoms with Crippen LogP contribution in [0.5, 0.6) is 0 Å². The standard InChI is InChI=1S/C20H26N4O/c1-19(2)9-5-10-20(19,25)13-22-18-15-7-3-8-16(15)23-17(24-18)14-6-4-11-21-12-14/h4,6,11-12,25H,3,5,7-10,13H2,1-2H3,(H,22,23,24). The minimum atomic E-state index is -0.683. The quantitative estimate of drug-likeness (QED) is 0.894. The molecule has 2 aromatic rings. The molecule has 1 atom stereocenters. The highest BCUT2D eigenvalue weighted by Crippen LogP contribution is 2.46. The van der Waals surface area contributed by atoms with Crippen LogP contribution >= 0.6 is 0 Å². The van der Waals surface area contributed by atoms with Crippen LogP contribution in [0.4, 0.5) is 5.82 Å². The Kier molecular flexibility index (Phi) is 3.99. The number of hydrogen-bond acceptors (Lipinski definition) is 5. The molecular weight excluding hydrogens is 312 g/mol. The number of aromatic nitrogens is 3. The van der Waals surface area contributed by atoms with Crippen molar-refractivity contribution in [3.05, 3.63) is 35.8 Å². The average molecular weight is 338 g/mol. The predicted octanol–water partition coefficient (Wildman–Crippen LogP) is 3.38. The summed E-state index contributed by atoms with van der Waals surface area (Å²) in [6.07, 6.45) is 9.66. The van der Waals surface area contributed by atoms with Crippen LogP contribution in [0.2, 0.25) is 0 Å². The number of nitrogens with zero attached hydrogens (tertiary/aromatic N) is 3. The van der Waals surface area contributed by atoms with Crippen molar-refractivity contribution >= 4 is 5.82 Å². The minimum Gasteiger partial charge on any atom is -0.387 e. The first kappa shape index (κ1) is 16.5. The normalized spacial score (nSPS) is 24.3. The highest BCUT2D eigenvalue weighted by Gasteiger charge is 2.47. The molecule has 2 heterocycles. The minimum absolute atomic E-state index is 0.0671. The van der Waals surface area contributed by atoms with Crippen molar-refractivity contribution in [2.75, 3.05) is 11.9 Å².